The third-order valence-electron chi connectivity index (χ3n) is 8.22. The Balaban J connectivity index is 3.26. The third-order valence-corrected chi connectivity index (χ3v) is 13.8. The molecule has 0 N–H and O–H groups in total. The molecule has 1 rings (SSSR count). The van der Waals surface area contributed by atoms with Crippen molar-refractivity contribution in [3.63, 3.8) is 0 Å². The Kier molecular flexibility index (Phi) is 14.4. The molecular weight excluding hydrogens is 553 g/mol. The van der Waals surface area contributed by atoms with Gasteiger partial charge >= 0.3 is 11.9 Å². The lowest BCUT2D eigenvalue weighted by atomic mass is 9.90. The molecular formula is C32H58O7Si2. The van der Waals surface area contributed by atoms with Crippen LogP contribution < -0.4 is 0 Å². The summed E-state index contributed by atoms with van der Waals surface area (Å²) in [5, 5.41) is -0.0413. The van der Waals surface area contributed by atoms with Crippen molar-refractivity contribution in [1.82, 2.24) is 0 Å². The molecule has 0 aromatic rings. The number of hydrogen-bond acceptors (Lipinski definition) is 7. The summed E-state index contributed by atoms with van der Waals surface area (Å²) < 4.78 is 23.9. The average Bonchev–Trinajstić information content (AvgIpc) is 3.13. The highest BCUT2D eigenvalue weighted by atomic mass is 28.4. The van der Waals surface area contributed by atoms with Crippen LogP contribution in [0.2, 0.25) is 37.8 Å². The number of methoxy groups -OCH3 is 1. The van der Waals surface area contributed by atoms with Crippen LogP contribution in [0.25, 0.3) is 0 Å². The van der Waals surface area contributed by atoms with Crippen LogP contribution in [0, 0.1) is 11.8 Å². The van der Waals surface area contributed by atoms with Crippen molar-refractivity contribution >= 4 is 34.4 Å². The van der Waals surface area contributed by atoms with Gasteiger partial charge in [0.2, 0.25) is 0 Å². The van der Waals surface area contributed by atoms with Crippen molar-refractivity contribution in [3.8, 4) is 0 Å². The molecule has 9 heteroatoms. The molecule has 0 aromatic heterocycles. The van der Waals surface area contributed by atoms with E-state index in [1.54, 1.807) is 6.08 Å². The van der Waals surface area contributed by atoms with Gasteiger partial charge in [-0.15, -0.1) is 0 Å². The normalized spacial score (nSPS) is 22.4. The number of esters is 2. The second-order valence-electron chi connectivity index (χ2n) is 14.2. The molecule has 1 fully saturated rings. The Hall–Kier alpha value is -1.56. The van der Waals surface area contributed by atoms with Crippen LogP contribution in [0.3, 0.4) is 0 Å². The molecule has 0 bridgehead atoms. The lowest BCUT2D eigenvalue weighted by molar-refractivity contribution is -0.155. The van der Waals surface area contributed by atoms with E-state index in [1.165, 1.54) is 7.11 Å². The van der Waals surface area contributed by atoms with Gasteiger partial charge < -0.3 is 18.3 Å². The van der Waals surface area contributed by atoms with Gasteiger partial charge in [0.15, 0.2) is 16.6 Å². The topological polar surface area (TPSA) is 88.1 Å². The number of Topliss-reactive ketones (excluding diaryl/α,β-unsaturated/α-hetero) is 1. The summed E-state index contributed by atoms with van der Waals surface area (Å²) in [6.07, 6.45) is 9.79. The van der Waals surface area contributed by atoms with Crippen molar-refractivity contribution in [2.45, 2.75) is 142 Å². The molecule has 0 heterocycles. The fraction of sp³-hybridized carbons (Fsp3) is 0.781. The van der Waals surface area contributed by atoms with E-state index in [1.807, 2.05) is 6.08 Å². The van der Waals surface area contributed by atoms with Gasteiger partial charge in [-0.25, -0.2) is 0 Å². The first-order chi connectivity index (χ1) is 18.8. The first-order valence-electron chi connectivity index (χ1n) is 15.3. The number of carbonyl (C=O) groups is 3. The second-order valence-corrected chi connectivity index (χ2v) is 23.4. The molecule has 1 aliphatic carbocycles. The first-order valence-corrected chi connectivity index (χ1v) is 21.6. The van der Waals surface area contributed by atoms with Crippen LogP contribution in [-0.2, 0) is 32.7 Å². The second kappa shape index (κ2) is 15.8. The number of ether oxygens (including phenoxy) is 2. The van der Waals surface area contributed by atoms with Crippen LogP contribution in [0.15, 0.2) is 24.8 Å². The quantitative estimate of drug-likeness (QED) is 0.0719. The van der Waals surface area contributed by atoms with Gasteiger partial charge in [0.25, 0.3) is 0 Å². The molecule has 1 aliphatic rings. The molecule has 1 saturated carbocycles. The number of carbonyl (C=O) groups excluding carboxylic acids is 3. The maximum Gasteiger partial charge on any atom is 0.317 e. The molecule has 7 nitrogen and oxygen atoms in total. The monoisotopic (exact) mass is 610 g/mol. The summed E-state index contributed by atoms with van der Waals surface area (Å²) in [5.41, 5.74) is -0.307. The lowest BCUT2D eigenvalue weighted by Crippen LogP contribution is -2.45. The predicted octanol–water partition coefficient (Wildman–Crippen LogP) is 7.77. The zero-order valence-electron chi connectivity index (χ0n) is 27.8. The Morgan fingerprint density at radius 3 is 2.24 bits per heavy atom. The van der Waals surface area contributed by atoms with Crippen LogP contribution in [0.1, 0.15) is 86.0 Å². The minimum atomic E-state index is -2.22. The van der Waals surface area contributed by atoms with Gasteiger partial charge in [-0.05, 0) is 70.4 Å². The summed E-state index contributed by atoms with van der Waals surface area (Å²) in [6.45, 7) is 25.6. The Morgan fingerprint density at radius 1 is 1.10 bits per heavy atom. The van der Waals surface area contributed by atoms with E-state index in [2.05, 4.69) is 80.0 Å². The van der Waals surface area contributed by atoms with E-state index >= 15 is 0 Å². The summed E-state index contributed by atoms with van der Waals surface area (Å²) in [4.78, 5) is 38.4. The van der Waals surface area contributed by atoms with E-state index in [0.29, 0.717) is 19.3 Å². The summed E-state index contributed by atoms with van der Waals surface area (Å²) in [5.74, 6) is -2.39. The summed E-state index contributed by atoms with van der Waals surface area (Å²) >= 11 is 0. The molecule has 0 aliphatic heterocycles. The van der Waals surface area contributed by atoms with Gasteiger partial charge in [0, 0.05) is 18.8 Å². The van der Waals surface area contributed by atoms with E-state index < -0.39 is 46.6 Å². The van der Waals surface area contributed by atoms with Crippen molar-refractivity contribution in [1.29, 1.82) is 0 Å². The molecule has 0 radical (unpaired) electrons. The van der Waals surface area contributed by atoms with Crippen LogP contribution >= 0.6 is 0 Å². The van der Waals surface area contributed by atoms with Crippen LogP contribution in [0.5, 0.6) is 0 Å². The molecule has 0 spiro atoms. The van der Waals surface area contributed by atoms with E-state index in [4.69, 9.17) is 18.3 Å². The van der Waals surface area contributed by atoms with Crippen LogP contribution in [-0.4, -0.2) is 59.3 Å². The average molecular weight is 611 g/mol. The molecule has 236 valence electrons. The minimum Gasteiger partial charge on any atom is -0.469 e. The van der Waals surface area contributed by atoms with Gasteiger partial charge in [0.1, 0.15) is 17.8 Å². The van der Waals surface area contributed by atoms with Crippen molar-refractivity contribution < 1.29 is 32.7 Å². The fourth-order valence-electron chi connectivity index (χ4n) is 5.05. The highest BCUT2D eigenvalue weighted by Gasteiger charge is 2.50. The largest absolute Gasteiger partial charge is 0.469 e. The van der Waals surface area contributed by atoms with Gasteiger partial charge in [-0.2, -0.15) is 0 Å². The van der Waals surface area contributed by atoms with E-state index in [9.17, 15) is 14.4 Å². The molecule has 0 amide bonds. The highest BCUT2D eigenvalue weighted by molar-refractivity contribution is 6.74. The maximum absolute atomic E-state index is 13.5. The van der Waals surface area contributed by atoms with Gasteiger partial charge in [-0.3, -0.25) is 14.4 Å². The van der Waals surface area contributed by atoms with E-state index in [-0.39, 0.29) is 35.2 Å². The standard InChI is InChI=1S/C32H58O7Si2/c1-13-15-21-32(6,39-40(8,9)10)22-17-19-25-27(38-41(11,12)31(3,4)5)23-26(33)29(25)30(35)37-24(14-2)18-16-20-28(34)36-7/h14,17,19,24-25,27,29H,2,13,15-16,18,20-23H2,1,3-12H3/b19-17+/t24?,25-,27+,29+,32?/m0/s1. The zero-order valence-corrected chi connectivity index (χ0v) is 29.8. The number of ketones is 1. The van der Waals surface area contributed by atoms with Crippen molar-refractivity contribution in [2.24, 2.45) is 11.8 Å². The summed E-state index contributed by atoms with van der Waals surface area (Å²) in [7, 11) is -2.67. The fourth-order valence-corrected chi connectivity index (χ4v) is 8.06. The van der Waals surface area contributed by atoms with Gasteiger partial charge in [0.05, 0.1) is 18.8 Å². The smallest absolute Gasteiger partial charge is 0.317 e. The summed E-state index contributed by atoms with van der Waals surface area (Å²) in [6, 6.07) is 0. The highest BCUT2D eigenvalue weighted by Crippen LogP contribution is 2.42. The molecule has 41 heavy (non-hydrogen) atoms. The Labute approximate surface area is 252 Å². The first kappa shape index (κ1) is 37.5. The van der Waals surface area contributed by atoms with Gasteiger partial charge in [-0.1, -0.05) is 65.3 Å². The third kappa shape index (κ3) is 12.3. The number of unbranched alkanes of at least 4 members (excludes halogenated alkanes) is 1. The predicted molar refractivity (Wildman–Crippen MR) is 171 cm³/mol. The Morgan fingerprint density at radius 2 is 1.73 bits per heavy atom. The maximum atomic E-state index is 13.5. The SMILES string of the molecule is C=CC(CCCC(=O)OC)OC(=O)[C@H]1C(=O)C[C@@H](O[Si](C)(C)C(C)(C)C)[C@@H]1/C=C/CC(C)(CCCC)O[Si](C)(C)C. The van der Waals surface area contributed by atoms with E-state index in [0.717, 1.165) is 19.3 Å². The molecule has 2 unspecified atom stereocenters. The Bertz CT molecular complexity index is 916. The number of hydrogen-bond donors (Lipinski definition) is 0. The molecule has 5 atom stereocenters. The minimum absolute atomic E-state index is 0.0413. The van der Waals surface area contributed by atoms with Crippen molar-refractivity contribution in [2.75, 3.05) is 7.11 Å². The molecule has 0 saturated heterocycles. The molecule has 0 aromatic carbocycles. The van der Waals surface area contributed by atoms with Crippen LogP contribution in [0.4, 0.5) is 0 Å². The zero-order chi connectivity index (χ0) is 31.6. The van der Waals surface area contributed by atoms with Crippen molar-refractivity contribution in [3.05, 3.63) is 24.8 Å². The number of rotatable bonds is 17. The lowest BCUT2D eigenvalue weighted by Gasteiger charge is -2.39.